The molecule has 0 N–H and O–H groups in total. The maximum atomic E-state index is 2.55. The van der Waals surface area contributed by atoms with Gasteiger partial charge < -0.3 is 9.13 Å². The van der Waals surface area contributed by atoms with Crippen LogP contribution in [0.1, 0.15) is 89.7 Å². The lowest BCUT2D eigenvalue weighted by Crippen LogP contribution is -2.29. The van der Waals surface area contributed by atoms with Gasteiger partial charge in [0.2, 0.25) is 0 Å². The van der Waals surface area contributed by atoms with Crippen molar-refractivity contribution in [3.05, 3.63) is 587 Å². The summed E-state index contributed by atoms with van der Waals surface area (Å²) in [6.07, 6.45) is 0. The molecule has 2 nitrogen and oxygen atoms in total. The van der Waals surface area contributed by atoms with Gasteiger partial charge in [0.25, 0.3) is 0 Å². The van der Waals surface area contributed by atoms with Crippen molar-refractivity contribution in [1.82, 2.24) is 9.13 Å². The van der Waals surface area contributed by atoms with Crippen LogP contribution in [0.15, 0.2) is 510 Å². The van der Waals surface area contributed by atoms with Gasteiger partial charge in [-0.25, -0.2) is 0 Å². The third-order valence-electron chi connectivity index (χ3n) is 29.9. The fraction of sp³-hybridized carbons (Fsp3) is 0.0303. The normalized spacial score (nSPS) is 14.2. The molecule has 2 unspecified atom stereocenters. The van der Waals surface area contributed by atoms with Gasteiger partial charge in [-0.05, 0) is 250 Å². The lowest BCUT2D eigenvalue weighted by Gasteiger charge is -2.34. The van der Waals surface area contributed by atoms with Crippen molar-refractivity contribution in [2.75, 3.05) is 0 Å². The number of benzene rings is 22. The molecule has 2 heterocycles. The van der Waals surface area contributed by atoms with E-state index in [0.717, 1.165) is 5.69 Å². The third kappa shape index (κ3) is 11.7. The van der Waals surface area contributed by atoms with Crippen LogP contribution in [0.3, 0.4) is 0 Å². The van der Waals surface area contributed by atoms with Gasteiger partial charge in [0.15, 0.2) is 0 Å². The molecule has 0 spiro atoms. The molecule has 2 atom stereocenters. The first-order valence-electron chi connectivity index (χ1n) is 46.9. The molecule has 624 valence electrons. The minimum Gasteiger partial charge on any atom is -0.309 e. The number of hydrogen-bond acceptors (Lipinski definition) is 0. The molecule has 4 aliphatic rings. The summed E-state index contributed by atoms with van der Waals surface area (Å²) in [5.74, 6) is 0.235. The summed E-state index contributed by atoms with van der Waals surface area (Å²) in [7, 11) is 0. The van der Waals surface area contributed by atoms with Crippen molar-refractivity contribution in [1.29, 1.82) is 0 Å². The van der Waals surface area contributed by atoms with Crippen molar-refractivity contribution in [2.24, 2.45) is 0 Å². The smallest absolute Gasteiger partial charge is 0.0734 e. The van der Waals surface area contributed by atoms with E-state index in [1.54, 1.807) is 0 Å². The minimum absolute atomic E-state index is 0.0452. The summed E-state index contributed by atoms with van der Waals surface area (Å²) >= 11 is 0. The molecule has 134 heavy (non-hydrogen) atoms. The quantitative estimate of drug-likeness (QED) is 0.115. The average molecular weight is 1700 g/mol. The zero-order valence-electron chi connectivity index (χ0n) is 73.5. The summed E-state index contributed by atoms with van der Waals surface area (Å²) in [5, 5.41) is 10.0. The molecule has 0 saturated carbocycles. The van der Waals surface area contributed by atoms with E-state index in [-0.39, 0.29) is 11.8 Å². The van der Waals surface area contributed by atoms with Gasteiger partial charge in [0, 0.05) is 50.3 Å². The fourth-order valence-corrected chi connectivity index (χ4v) is 24.1. The van der Waals surface area contributed by atoms with E-state index < -0.39 is 10.8 Å². The van der Waals surface area contributed by atoms with Crippen LogP contribution in [0.25, 0.3) is 166 Å². The predicted octanol–water partition coefficient (Wildman–Crippen LogP) is 33.6. The molecule has 28 rings (SSSR count). The van der Waals surface area contributed by atoms with Crippen LogP contribution in [0, 0.1) is 0 Å². The first-order valence-corrected chi connectivity index (χ1v) is 46.9. The lowest BCUT2D eigenvalue weighted by molar-refractivity contribution is 0.767. The van der Waals surface area contributed by atoms with E-state index in [0.29, 0.717) is 0 Å². The SMILES string of the molecule is c1ccc(-c2ccc(-n3c4ccc(-c5ccc6c(c5)c5ccccc5n6-c5ccc6ccccc6c5)cc4c4ccc5c(c43)C(c3ccccc3)(c3ccccc3)c3ccccc3-5)cc2)cc1.c1ccc(-c2ccc(C3c4ccc(-c5ccc6c(c5)-c5ccccc5C6c5ccc6ccccc6c5)cc4-c4ccc5c(c43)-c3ccccc3C5(c3ccccc3)c3ccccc3)cc2)cc1. The fourth-order valence-electron chi connectivity index (χ4n) is 24.1. The Morgan fingerprint density at radius 1 is 0.187 bits per heavy atom. The van der Waals surface area contributed by atoms with Crippen LogP contribution in [0.4, 0.5) is 0 Å². The van der Waals surface area contributed by atoms with Crippen LogP contribution in [0.2, 0.25) is 0 Å². The molecule has 2 heteroatoms. The number of nitrogens with zero attached hydrogens (tertiary/aromatic N) is 2. The Hall–Kier alpha value is -17.0. The highest BCUT2D eigenvalue weighted by molar-refractivity contribution is 6.16. The molecule has 0 aliphatic heterocycles. The summed E-state index contributed by atoms with van der Waals surface area (Å²) in [6.45, 7) is 0. The van der Waals surface area contributed by atoms with E-state index in [4.69, 9.17) is 0 Å². The molecule has 0 fully saturated rings. The van der Waals surface area contributed by atoms with Gasteiger partial charge in [-0.2, -0.15) is 0 Å². The van der Waals surface area contributed by atoms with Crippen LogP contribution < -0.4 is 0 Å². The third-order valence-corrected chi connectivity index (χ3v) is 29.9. The van der Waals surface area contributed by atoms with Gasteiger partial charge in [0.1, 0.15) is 0 Å². The van der Waals surface area contributed by atoms with E-state index in [1.807, 2.05) is 0 Å². The highest BCUT2D eigenvalue weighted by Gasteiger charge is 2.51. The topological polar surface area (TPSA) is 9.86 Å². The van der Waals surface area contributed by atoms with Gasteiger partial charge in [0.05, 0.1) is 32.9 Å². The van der Waals surface area contributed by atoms with Crippen molar-refractivity contribution in [3.8, 4) is 100 Å². The van der Waals surface area contributed by atoms with E-state index >= 15 is 0 Å². The van der Waals surface area contributed by atoms with E-state index in [1.165, 1.54) is 238 Å². The van der Waals surface area contributed by atoms with Crippen LogP contribution in [0.5, 0.6) is 0 Å². The summed E-state index contributed by atoms with van der Waals surface area (Å²) in [6, 6.07) is 190. The van der Waals surface area contributed by atoms with Crippen LogP contribution in [-0.2, 0) is 10.8 Å². The van der Waals surface area contributed by atoms with Gasteiger partial charge in [-0.3, -0.25) is 0 Å². The summed E-state index contributed by atoms with van der Waals surface area (Å²) in [5.41, 5.74) is 44.9. The summed E-state index contributed by atoms with van der Waals surface area (Å²) in [4.78, 5) is 0. The Bertz CT molecular complexity index is 8750. The van der Waals surface area contributed by atoms with E-state index in [2.05, 4.69) is 519 Å². The first kappa shape index (κ1) is 77.0. The molecule has 2 aromatic heterocycles. The standard InChI is InChI=1S/C67H44.C65H42N2/c1-4-16-43(17-5-1)45-28-31-46(32-29-45)64-56-37-35-49(48-34-36-55-59(41-48)53-24-12-13-25-54(53)63(55)50-33-30-44-18-10-11-19-47(44)40-50)42-60(56)57-38-39-62-65(66(57)64)58-26-14-15-27-61(58)67(62,51-20-6-2-7-21-51)52-22-8-3-9-23-52;1-4-16-43(17-5-1)45-28-33-51(34-29-45)67-62-39-32-48(47-31-38-61-57(41-47)54-25-13-15-27-60(54)66(61)52-35-30-44-18-10-11-19-46(44)40-52)42-58(62)56-37-36-55-53-24-12-14-26-59(53)65(63(55)64(56)67,49-20-6-2-7-21-49)50-22-8-3-9-23-50/h1-42,63-64H;1-42H. The molecular formula is C132H86N2. The Kier molecular flexibility index (Phi) is 17.7. The second-order valence-electron chi connectivity index (χ2n) is 36.6. The number of para-hydroxylation sites is 1. The second kappa shape index (κ2) is 30.8. The Labute approximate surface area is 779 Å². The molecular weight excluding hydrogens is 1610 g/mol. The molecule has 24 aromatic rings. The van der Waals surface area contributed by atoms with Gasteiger partial charge in [-0.1, -0.05) is 443 Å². The zero-order chi connectivity index (χ0) is 88.1. The number of aromatic nitrogens is 2. The van der Waals surface area contributed by atoms with Crippen molar-refractivity contribution in [2.45, 2.75) is 22.7 Å². The zero-order valence-corrected chi connectivity index (χ0v) is 73.5. The Morgan fingerprint density at radius 3 is 1.22 bits per heavy atom. The largest absolute Gasteiger partial charge is 0.309 e. The van der Waals surface area contributed by atoms with Gasteiger partial charge >= 0.3 is 0 Å². The van der Waals surface area contributed by atoms with Crippen molar-refractivity contribution in [3.63, 3.8) is 0 Å². The molecule has 22 aromatic carbocycles. The molecule has 0 bridgehead atoms. The Balaban J connectivity index is 0.000000136. The highest BCUT2D eigenvalue weighted by Crippen LogP contribution is 2.64. The monoisotopic (exact) mass is 1700 g/mol. The predicted molar refractivity (Wildman–Crippen MR) is 559 cm³/mol. The molecule has 0 radical (unpaired) electrons. The maximum Gasteiger partial charge on any atom is 0.0734 e. The van der Waals surface area contributed by atoms with Crippen LogP contribution >= 0.6 is 0 Å². The number of hydrogen-bond donors (Lipinski definition) is 0. The van der Waals surface area contributed by atoms with Crippen molar-refractivity contribution >= 4 is 65.2 Å². The first-order chi connectivity index (χ1) is 66.5. The maximum absolute atomic E-state index is 2.55. The summed E-state index contributed by atoms with van der Waals surface area (Å²) < 4.78 is 4.97. The van der Waals surface area contributed by atoms with Crippen LogP contribution in [-0.4, -0.2) is 9.13 Å². The average Bonchev–Trinajstić information content (AvgIpc) is 1.52. The molecule has 0 saturated heterocycles. The highest BCUT2D eigenvalue weighted by atomic mass is 15.0. The number of fused-ring (bicyclic) bond motifs is 22. The van der Waals surface area contributed by atoms with Gasteiger partial charge in [-0.15, -0.1) is 0 Å². The number of rotatable bonds is 12. The lowest BCUT2D eigenvalue weighted by atomic mass is 9.67. The minimum atomic E-state index is -0.572. The molecule has 4 aliphatic carbocycles. The van der Waals surface area contributed by atoms with Crippen molar-refractivity contribution < 1.29 is 0 Å². The Morgan fingerprint density at radius 2 is 0.597 bits per heavy atom. The second-order valence-corrected chi connectivity index (χ2v) is 36.6. The van der Waals surface area contributed by atoms with E-state index in [9.17, 15) is 0 Å². The molecule has 0 amide bonds.